The van der Waals surface area contributed by atoms with Crippen molar-refractivity contribution in [2.24, 2.45) is 5.92 Å². The summed E-state index contributed by atoms with van der Waals surface area (Å²) in [6.07, 6.45) is -2.85. The Morgan fingerprint density at radius 1 is 1.36 bits per heavy atom. The highest BCUT2D eigenvalue weighted by molar-refractivity contribution is 6.35. The molecule has 0 aliphatic heterocycles. The lowest BCUT2D eigenvalue weighted by Gasteiger charge is -2.30. The number of rotatable bonds is 5. The molecule has 1 fully saturated rings. The summed E-state index contributed by atoms with van der Waals surface area (Å²) in [4.78, 5) is 13.3. The molecule has 1 atom stereocenters. The molecule has 1 aromatic carbocycles. The third kappa shape index (κ3) is 4.78. The molecule has 1 aromatic rings. The van der Waals surface area contributed by atoms with Gasteiger partial charge in [0, 0.05) is 16.1 Å². The first kappa shape index (κ1) is 17.4. The van der Waals surface area contributed by atoms with E-state index in [4.69, 9.17) is 23.2 Å². The van der Waals surface area contributed by atoms with Crippen LogP contribution in [0.15, 0.2) is 18.2 Å². The van der Waals surface area contributed by atoms with Gasteiger partial charge in [0.15, 0.2) is 0 Å². The number of amides is 1. The van der Waals surface area contributed by atoms with Crippen molar-refractivity contribution in [3.8, 4) is 0 Å². The number of carbonyl (C=O) groups excluding carboxylic acids is 1. The molecule has 122 valence electrons. The van der Waals surface area contributed by atoms with E-state index in [2.05, 4.69) is 0 Å². The maximum absolute atomic E-state index is 12.7. The highest BCUT2D eigenvalue weighted by Gasteiger charge is 2.40. The fourth-order valence-electron chi connectivity index (χ4n) is 2.42. The summed E-state index contributed by atoms with van der Waals surface area (Å²) in [6.45, 7) is 0.444. The minimum atomic E-state index is -4.41. The molecule has 0 spiro atoms. The zero-order valence-electron chi connectivity index (χ0n) is 12.0. The Labute approximate surface area is 137 Å². The van der Waals surface area contributed by atoms with Crippen molar-refractivity contribution in [3.63, 3.8) is 0 Å². The number of carbonyl (C=O) groups is 1. The Bertz CT molecular complexity index is 558. The maximum Gasteiger partial charge on any atom is 0.406 e. The van der Waals surface area contributed by atoms with Crippen molar-refractivity contribution in [1.29, 1.82) is 0 Å². The minimum Gasteiger partial charge on any atom is -0.330 e. The standard InChI is InChI=1S/C15H16Cl2F3NO/c1-9(10-2-3-10)21(8-15(18,19)20)14(22)6-11-4-5-12(16)7-13(11)17/h4-5,7,9-10H,2-3,6,8H2,1H3/t9-/m0/s1. The van der Waals surface area contributed by atoms with Crippen molar-refractivity contribution in [1.82, 2.24) is 4.90 Å². The van der Waals surface area contributed by atoms with Gasteiger partial charge in [0.1, 0.15) is 6.54 Å². The smallest absolute Gasteiger partial charge is 0.330 e. The van der Waals surface area contributed by atoms with Gasteiger partial charge in [-0.1, -0.05) is 29.3 Å². The average Bonchev–Trinajstić information content (AvgIpc) is 3.21. The fraction of sp³-hybridized carbons (Fsp3) is 0.533. The van der Waals surface area contributed by atoms with E-state index < -0.39 is 24.7 Å². The number of hydrogen-bond acceptors (Lipinski definition) is 1. The Morgan fingerprint density at radius 3 is 2.50 bits per heavy atom. The molecule has 2 rings (SSSR count). The van der Waals surface area contributed by atoms with Crippen LogP contribution in [0.5, 0.6) is 0 Å². The number of hydrogen-bond donors (Lipinski definition) is 0. The molecular weight excluding hydrogens is 338 g/mol. The molecule has 0 heterocycles. The number of alkyl halides is 3. The van der Waals surface area contributed by atoms with E-state index in [1.54, 1.807) is 19.1 Å². The van der Waals surface area contributed by atoms with E-state index in [0.29, 0.717) is 10.6 Å². The summed E-state index contributed by atoms with van der Waals surface area (Å²) >= 11 is 11.8. The van der Waals surface area contributed by atoms with Crippen molar-refractivity contribution in [3.05, 3.63) is 33.8 Å². The Hall–Kier alpha value is -0.940. The van der Waals surface area contributed by atoms with Crippen LogP contribution >= 0.6 is 23.2 Å². The molecule has 1 aliphatic rings. The van der Waals surface area contributed by atoms with E-state index in [0.717, 1.165) is 17.7 Å². The van der Waals surface area contributed by atoms with Crippen molar-refractivity contribution >= 4 is 29.1 Å². The van der Waals surface area contributed by atoms with E-state index in [9.17, 15) is 18.0 Å². The fourth-order valence-corrected chi connectivity index (χ4v) is 2.89. The minimum absolute atomic E-state index is 0.159. The van der Waals surface area contributed by atoms with Crippen LogP contribution in [-0.2, 0) is 11.2 Å². The molecule has 1 amide bonds. The highest BCUT2D eigenvalue weighted by atomic mass is 35.5. The van der Waals surface area contributed by atoms with Crippen LogP contribution in [0.3, 0.4) is 0 Å². The van der Waals surface area contributed by atoms with Crippen molar-refractivity contribution < 1.29 is 18.0 Å². The first-order chi connectivity index (χ1) is 10.2. The molecule has 22 heavy (non-hydrogen) atoms. The molecule has 0 radical (unpaired) electrons. The molecule has 0 saturated heterocycles. The van der Waals surface area contributed by atoms with Crippen LogP contribution in [0.2, 0.25) is 10.0 Å². The van der Waals surface area contributed by atoms with Gasteiger partial charge in [0.25, 0.3) is 0 Å². The van der Waals surface area contributed by atoms with Gasteiger partial charge in [0.05, 0.1) is 6.42 Å². The van der Waals surface area contributed by atoms with Gasteiger partial charge in [-0.25, -0.2) is 0 Å². The predicted molar refractivity (Wildman–Crippen MR) is 80.1 cm³/mol. The van der Waals surface area contributed by atoms with Crippen molar-refractivity contribution in [2.75, 3.05) is 6.54 Å². The van der Waals surface area contributed by atoms with E-state index in [1.807, 2.05) is 0 Å². The van der Waals surface area contributed by atoms with Gasteiger partial charge >= 0.3 is 6.18 Å². The lowest BCUT2D eigenvalue weighted by molar-refractivity contribution is -0.165. The zero-order chi connectivity index (χ0) is 16.5. The number of nitrogens with zero attached hydrogens (tertiary/aromatic N) is 1. The predicted octanol–water partition coefficient (Wildman–Crippen LogP) is 4.73. The van der Waals surface area contributed by atoms with Gasteiger partial charge in [-0.15, -0.1) is 0 Å². The summed E-state index contributed by atoms with van der Waals surface area (Å²) < 4.78 is 38.2. The second-order valence-corrected chi connectivity index (χ2v) is 6.47. The quantitative estimate of drug-likeness (QED) is 0.749. The van der Waals surface area contributed by atoms with Gasteiger partial charge < -0.3 is 4.90 Å². The van der Waals surface area contributed by atoms with Crippen LogP contribution in [0, 0.1) is 5.92 Å². The Balaban J connectivity index is 2.13. The maximum atomic E-state index is 12.7. The van der Waals surface area contributed by atoms with E-state index in [1.165, 1.54) is 6.07 Å². The molecule has 1 saturated carbocycles. The third-order valence-electron chi connectivity index (χ3n) is 3.82. The van der Waals surface area contributed by atoms with Crippen LogP contribution in [0.1, 0.15) is 25.3 Å². The van der Waals surface area contributed by atoms with Gasteiger partial charge in [-0.3, -0.25) is 4.79 Å². The second-order valence-electron chi connectivity index (χ2n) is 5.63. The average molecular weight is 354 g/mol. The molecule has 2 nitrogen and oxygen atoms in total. The SMILES string of the molecule is C[C@@H](C1CC1)N(CC(F)(F)F)C(=O)Cc1ccc(Cl)cc1Cl. The van der Waals surface area contributed by atoms with Crippen LogP contribution in [0.25, 0.3) is 0 Å². The normalized spacial score (nSPS) is 16.5. The molecule has 0 unspecified atom stereocenters. The lowest BCUT2D eigenvalue weighted by Crippen LogP contribution is -2.46. The summed E-state index contributed by atoms with van der Waals surface area (Å²) in [5.74, 6) is -0.409. The lowest BCUT2D eigenvalue weighted by atomic mass is 10.1. The van der Waals surface area contributed by atoms with E-state index in [-0.39, 0.29) is 17.4 Å². The largest absolute Gasteiger partial charge is 0.406 e. The monoisotopic (exact) mass is 353 g/mol. The summed E-state index contributed by atoms with van der Waals surface area (Å²) in [7, 11) is 0. The van der Waals surface area contributed by atoms with Gasteiger partial charge in [-0.05, 0) is 43.4 Å². The highest BCUT2D eigenvalue weighted by Crippen LogP contribution is 2.36. The van der Waals surface area contributed by atoms with Crippen LogP contribution < -0.4 is 0 Å². The Kier molecular flexibility index (Phi) is 5.28. The summed E-state index contributed by atoms with van der Waals surface area (Å²) in [6, 6.07) is 4.19. The van der Waals surface area contributed by atoms with E-state index >= 15 is 0 Å². The second kappa shape index (κ2) is 6.67. The Morgan fingerprint density at radius 2 is 2.00 bits per heavy atom. The molecule has 0 aromatic heterocycles. The number of benzene rings is 1. The first-order valence-electron chi connectivity index (χ1n) is 6.97. The van der Waals surface area contributed by atoms with Crippen molar-refractivity contribution in [2.45, 2.75) is 38.4 Å². The molecule has 1 aliphatic carbocycles. The molecule has 0 bridgehead atoms. The first-order valence-corrected chi connectivity index (χ1v) is 7.73. The number of halogens is 5. The zero-order valence-corrected chi connectivity index (χ0v) is 13.5. The van der Waals surface area contributed by atoms with Crippen LogP contribution in [0.4, 0.5) is 13.2 Å². The topological polar surface area (TPSA) is 20.3 Å². The molecular formula is C15H16Cl2F3NO. The summed E-state index contributed by atoms with van der Waals surface area (Å²) in [5, 5.41) is 0.701. The van der Waals surface area contributed by atoms with Gasteiger partial charge in [0.2, 0.25) is 5.91 Å². The molecule has 0 N–H and O–H groups in total. The molecule has 7 heteroatoms. The van der Waals surface area contributed by atoms with Gasteiger partial charge in [-0.2, -0.15) is 13.2 Å². The summed E-state index contributed by atoms with van der Waals surface area (Å²) in [5.41, 5.74) is 0.478. The van der Waals surface area contributed by atoms with Crippen LogP contribution in [-0.4, -0.2) is 29.6 Å². The third-order valence-corrected chi connectivity index (χ3v) is 4.41.